The van der Waals surface area contributed by atoms with E-state index in [9.17, 15) is 4.79 Å². The number of fused-ring (bicyclic) bond motifs is 1. The molecule has 6 nitrogen and oxygen atoms in total. The predicted octanol–water partition coefficient (Wildman–Crippen LogP) is 5.49. The van der Waals surface area contributed by atoms with Crippen molar-refractivity contribution in [2.24, 2.45) is 0 Å². The molecule has 0 aliphatic heterocycles. The molecule has 0 atom stereocenters. The predicted molar refractivity (Wildman–Crippen MR) is 107 cm³/mol. The molecule has 0 fully saturated rings. The van der Waals surface area contributed by atoms with Crippen molar-refractivity contribution >= 4 is 33.3 Å². The van der Waals surface area contributed by atoms with Crippen LogP contribution >= 0.6 is 11.3 Å². The summed E-state index contributed by atoms with van der Waals surface area (Å²) in [7, 11) is 0. The monoisotopic (exact) mass is 387 g/mol. The van der Waals surface area contributed by atoms with Gasteiger partial charge in [0.05, 0.1) is 29.4 Å². The average molecular weight is 388 g/mol. The maximum Gasteiger partial charge on any atom is 0.415 e. The van der Waals surface area contributed by atoms with Crippen LogP contribution < -0.4 is 4.90 Å². The van der Waals surface area contributed by atoms with Crippen molar-refractivity contribution in [3.05, 3.63) is 40.8 Å². The van der Waals surface area contributed by atoms with Crippen LogP contribution in [-0.4, -0.2) is 21.9 Å². The van der Waals surface area contributed by atoms with E-state index in [2.05, 4.69) is 24.0 Å². The van der Waals surface area contributed by atoms with Crippen LogP contribution in [0.3, 0.4) is 0 Å². The minimum atomic E-state index is -0.600. The van der Waals surface area contributed by atoms with Crippen LogP contribution in [0.4, 0.5) is 10.5 Å². The molecule has 0 radical (unpaired) electrons. The molecule has 3 rings (SSSR count). The van der Waals surface area contributed by atoms with Gasteiger partial charge in [-0.25, -0.2) is 4.79 Å². The number of furan rings is 1. The molecule has 3 aromatic heterocycles. The number of rotatable bonds is 5. The van der Waals surface area contributed by atoms with E-state index in [-0.39, 0.29) is 6.54 Å². The second kappa shape index (κ2) is 7.68. The number of amides is 1. The zero-order valence-corrected chi connectivity index (χ0v) is 17.2. The molecule has 3 heterocycles. The van der Waals surface area contributed by atoms with Crippen molar-refractivity contribution in [3.8, 4) is 0 Å². The Hall–Kier alpha value is -2.41. The van der Waals surface area contributed by atoms with E-state index >= 15 is 0 Å². The lowest BCUT2D eigenvalue weighted by Gasteiger charge is -2.27. The van der Waals surface area contributed by atoms with Gasteiger partial charge in [-0.2, -0.15) is 5.10 Å². The van der Waals surface area contributed by atoms with Crippen LogP contribution in [0.2, 0.25) is 0 Å². The Morgan fingerprint density at radius 1 is 1.37 bits per heavy atom. The van der Waals surface area contributed by atoms with Gasteiger partial charge in [0.1, 0.15) is 16.9 Å². The smallest absolute Gasteiger partial charge is 0.415 e. The van der Waals surface area contributed by atoms with E-state index in [1.807, 2.05) is 26.8 Å². The molecule has 144 valence electrons. The first kappa shape index (κ1) is 19.4. The summed E-state index contributed by atoms with van der Waals surface area (Å²) in [5.74, 6) is 0.674. The number of nitrogens with zero attached hydrogens (tertiary/aromatic N) is 3. The molecule has 0 unspecified atom stereocenters. The van der Waals surface area contributed by atoms with Gasteiger partial charge in [0.15, 0.2) is 0 Å². The molecular formula is C20H25N3O3S. The van der Waals surface area contributed by atoms with Crippen molar-refractivity contribution in [3.63, 3.8) is 0 Å². The molecule has 27 heavy (non-hydrogen) atoms. The highest BCUT2D eigenvalue weighted by atomic mass is 32.1. The SMILES string of the molecule is CCCc1sc2c(N(Cc3ccco3)C(=O)OC(C)(C)C)cnnc2c1C. The largest absolute Gasteiger partial charge is 0.467 e. The highest BCUT2D eigenvalue weighted by Crippen LogP contribution is 2.37. The lowest BCUT2D eigenvalue weighted by atomic mass is 10.2. The van der Waals surface area contributed by atoms with Gasteiger partial charge in [-0.05, 0) is 51.8 Å². The van der Waals surface area contributed by atoms with Gasteiger partial charge in [0, 0.05) is 4.88 Å². The van der Waals surface area contributed by atoms with E-state index in [0.29, 0.717) is 11.4 Å². The third-order valence-electron chi connectivity index (χ3n) is 4.06. The topological polar surface area (TPSA) is 68.5 Å². The number of aromatic nitrogens is 2. The number of thiophene rings is 1. The minimum Gasteiger partial charge on any atom is -0.467 e. The first-order chi connectivity index (χ1) is 12.8. The Kier molecular flexibility index (Phi) is 5.51. The molecule has 0 N–H and O–H groups in total. The molecule has 7 heteroatoms. The number of hydrogen-bond donors (Lipinski definition) is 0. The van der Waals surface area contributed by atoms with Crippen LogP contribution in [0.5, 0.6) is 0 Å². The van der Waals surface area contributed by atoms with E-state index in [4.69, 9.17) is 9.15 Å². The van der Waals surface area contributed by atoms with Crippen molar-refractivity contribution in [2.75, 3.05) is 4.90 Å². The standard InChI is InChI=1S/C20H25N3O3S/c1-6-8-16-13(2)17-18(27-16)15(11-21-22-17)23(12-14-9-7-10-25-14)19(24)26-20(3,4)5/h7,9-11H,6,8,12H2,1-5H3. The van der Waals surface area contributed by atoms with Gasteiger partial charge in [-0.3, -0.25) is 4.90 Å². The molecule has 0 saturated carbocycles. The molecule has 0 aliphatic carbocycles. The lowest BCUT2D eigenvalue weighted by molar-refractivity contribution is 0.0575. The van der Waals surface area contributed by atoms with Crippen LogP contribution in [0.25, 0.3) is 10.2 Å². The van der Waals surface area contributed by atoms with Crippen molar-refractivity contribution in [1.29, 1.82) is 0 Å². The van der Waals surface area contributed by atoms with Crippen LogP contribution in [0.15, 0.2) is 29.0 Å². The van der Waals surface area contributed by atoms with E-state index in [0.717, 1.165) is 28.6 Å². The third kappa shape index (κ3) is 4.30. The maximum absolute atomic E-state index is 13.0. The third-order valence-corrected chi connectivity index (χ3v) is 5.42. The van der Waals surface area contributed by atoms with Gasteiger partial charge >= 0.3 is 6.09 Å². The van der Waals surface area contributed by atoms with Crippen molar-refractivity contribution < 1.29 is 13.9 Å². The lowest BCUT2D eigenvalue weighted by Crippen LogP contribution is -2.36. The second-order valence-corrected chi connectivity index (χ2v) is 8.56. The van der Waals surface area contributed by atoms with E-state index in [1.165, 1.54) is 4.88 Å². The highest BCUT2D eigenvalue weighted by molar-refractivity contribution is 7.19. The summed E-state index contributed by atoms with van der Waals surface area (Å²) >= 11 is 1.67. The maximum atomic E-state index is 13.0. The van der Waals surface area contributed by atoms with Crippen molar-refractivity contribution in [2.45, 2.75) is 59.6 Å². The highest BCUT2D eigenvalue weighted by Gasteiger charge is 2.27. The zero-order chi connectivity index (χ0) is 19.6. The molecule has 0 aromatic carbocycles. The fraction of sp³-hybridized carbons (Fsp3) is 0.450. The quantitative estimate of drug-likeness (QED) is 0.579. The minimum absolute atomic E-state index is 0.267. The first-order valence-corrected chi connectivity index (χ1v) is 9.88. The summed E-state index contributed by atoms with van der Waals surface area (Å²) < 4.78 is 12.0. The molecular weight excluding hydrogens is 362 g/mol. The summed E-state index contributed by atoms with van der Waals surface area (Å²) in [6, 6.07) is 3.64. The molecule has 0 spiro atoms. The fourth-order valence-electron chi connectivity index (χ4n) is 2.83. The van der Waals surface area contributed by atoms with Crippen LogP contribution in [0.1, 0.15) is 50.3 Å². The Morgan fingerprint density at radius 3 is 2.78 bits per heavy atom. The summed E-state index contributed by atoms with van der Waals surface area (Å²) in [4.78, 5) is 15.8. The molecule has 3 aromatic rings. The number of carbonyl (C=O) groups excluding carboxylic acids is 1. The Balaban J connectivity index is 2.08. The number of anilines is 1. The second-order valence-electron chi connectivity index (χ2n) is 7.45. The Bertz CT molecular complexity index is 926. The van der Waals surface area contributed by atoms with E-state index in [1.54, 1.807) is 34.8 Å². The van der Waals surface area contributed by atoms with Gasteiger partial charge in [-0.1, -0.05) is 13.3 Å². The number of carbonyl (C=O) groups is 1. The van der Waals surface area contributed by atoms with E-state index < -0.39 is 11.7 Å². The van der Waals surface area contributed by atoms with Gasteiger partial charge < -0.3 is 9.15 Å². The number of aryl methyl sites for hydroxylation is 2. The fourth-order valence-corrected chi connectivity index (χ4v) is 4.19. The summed E-state index contributed by atoms with van der Waals surface area (Å²) in [5.41, 5.74) is 2.07. The number of hydrogen-bond acceptors (Lipinski definition) is 6. The Labute approximate surface area is 163 Å². The molecule has 0 saturated heterocycles. The first-order valence-electron chi connectivity index (χ1n) is 9.06. The molecule has 1 amide bonds. The molecule has 0 bridgehead atoms. The number of ether oxygens (including phenoxy) is 1. The van der Waals surface area contributed by atoms with Gasteiger partial charge in [0.25, 0.3) is 0 Å². The van der Waals surface area contributed by atoms with Gasteiger partial charge in [-0.15, -0.1) is 16.4 Å². The van der Waals surface area contributed by atoms with Gasteiger partial charge in [0.2, 0.25) is 0 Å². The summed E-state index contributed by atoms with van der Waals surface area (Å²) in [6.45, 7) is 10.0. The van der Waals surface area contributed by atoms with Crippen LogP contribution in [-0.2, 0) is 17.7 Å². The average Bonchev–Trinajstić information content (AvgIpc) is 3.20. The summed E-state index contributed by atoms with van der Waals surface area (Å²) in [5, 5.41) is 8.47. The van der Waals surface area contributed by atoms with Crippen LogP contribution in [0, 0.1) is 6.92 Å². The summed E-state index contributed by atoms with van der Waals surface area (Å²) in [6.07, 6.45) is 4.82. The normalized spacial score (nSPS) is 11.7. The molecule has 0 aliphatic rings. The Morgan fingerprint density at radius 2 is 2.15 bits per heavy atom. The zero-order valence-electron chi connectivity index (χ0n) is 16.4. The van der Waals surface area contributed by atoms with Crippen molar-refractivity contribution in [1.82, 2.24) is 10.2 Å².